The molecule has 0 N–H and O–H groups in total. The first-order valence-corrected chi connectivity index (χ1v) is 8.57. The van der Waals surface area contributed by atoms with Crippen LogP contribution < -0.4 is 0 Å². The minimum Gasteiger partial charge on any atom is -0.499 e. The Hall–Kier alpha value is -1.23. The predicted molar refractivity (Wildman–Crippen MR) is 93.1 cm³/mol. The van der Waals surface area contributed by atoms with E-state index in [2.05, 4.69) is 11.3 Å². The molecule has 0 aromatic rings. The fourth-order valence-electron chi connectivity index (χ4n) is 1.50. The molecule has 0 fully saturated rings. The number of carbonyl (C=O) groups is 1. The van der Waals surface area contributed by atoms with E-state index < -0.39 is 5.97 Å². The normalized spacial score (nSPS) is 10.7. The standard InChI is InChI=1S/C17H32O9/c1-3-20-4-5-21-6-7-22-8-9-23-10-11-24-12-13-25-14-15-26-16-17(18)19-2/h3H,1,4-16H2,2H3. The van der Waals surface area contributed by atoms with E-state index in [1.165, 1.54) is 13.4 Å². The van der Waals surface area contributed by atoms with Crippen molar-refractivity contribution in [2.24, 2.45) is 0 Å². The molecule has 0 rings (SSSR count). The lowest BCUT2D eigenvalue weighted by atomic mass is 10.6. The average Bonchev–Trinajstić information content (AvgIpc) is 2.66. The molecule has 0 aromatic carbocycles. The van der Waals surface area contributed by atoms with Gasteiger partial charge in [-0.15, -0.1) is 0 Å². The maximum Gasteiger partial charge on any atom is 0.331 e. The Kier molecular flexibility index (Phi) is 20.8. The van der Waals surface area contributed by atoms with E-state index in [-0.39, 0.29) is 6.61 Å². The Balaban J connectivity index is 3.01. The van der Waals surface area contributed by atoms with Crippen LogP contribution in [0, 0.1) is 0 Å². The summed E-state index contributed by atoms with van der Waals surface area (Å²) in [4.78, 5) is 10.8. The molecule has 0 aliphatic rings. The molecule has 0 bridgehead atoms. The van der Waals surface area contributed by atoms with Crippen LogP contribution in [0.5, 0.6) is 0 Å². The second-order valence-corrected chi connectivity index (χ2v) is 4.73. The number of esters is 1. The molecule has 0 unspecified atom stereocenters. The highest BCUT2D eigenvalue weighted by Crippen LogP contribution is 1.85. The Morgan fingerprint density at radius 1 is 0.654 bits per heavy atom. The lowest BCUT2D eigenvalue weighted by Gasteiger charge is -2.08. The Labute approximate surface area is 155 Å². The van der Waals surface area contributed by atoms with Crippen molar-refractivity contribution in [2.75, 3.05) is 93.0 Å². The van der Waals surface area contributed by atoms with Gasteiger partial charge in [-0.3, -0.25) is 0 Å². The smallest absolute Gasteiger partial charge is 0.331 e. The molecule has 9 nitrogen and oxygen atoms in total. The number of rotatable bonds is 21. The van der Waals surface area contributed by atoms with Crippen molar-refractivity contribution >= 4 is 5.97 Å². The van der Waals surface area contributed by atoms with Gasteiger partial charge in [-0.05, 0) is 0 Å². The maximum absolute atomic E-state index is 10.8. The van der Waals surface area contributed by atoms with Crippen molar-refractivity contribution in [1.82, 2.24) is 0 Å². The molecule has 154 valence electrons. The van der Waals surface area contributed by atoms with Crippen molar-refractivity contribution < 1.29 is 42.7 Å². The molecular weight excluding hydrogens is 348 g/mol. The molecule has 0 atom stereocenters. The number of hydrogen-bond acceptors (Lipinski definition) is 9. The van der Waals surface area contributed by atoms with Crippen LogP contribution in [-0.2, 0) is 42.7 Å². The zero-order chi connectivity index (χ0) is 19.1. The van der Waals surface area contributed by atoms with E-state index in [0.29, 0.717) is 79.3 Å². The van der Waals surface area contributed by atoms with Gasteiger partial charge >= 0.3 is 5.97 Å². The molecule has 9 heteroatoms. The van der Waals surface area contributed by atoms with Crippen LogP contribution in [0.3, 0.4) is 0 Å². The molecule has 0 spiro atoms. The van der Waals surface area contributed by atoms with Crippen molar-refractivity contribution in [3.05, 3.63) is 12.8 Å². The minimum atomic E-state index is -0.401. The second kappa shape index (κ2) is 21.8. The number of carbonyl (C=O) groups excluding carboxylic acids is 1. The first-order chi connectivity index (χ1) is 12.8. The van der Waals surface area contributed by atoms with Crippen LogP contribution in [0.1, 0.15) is 0 Å². The molecular formula is C17H32O9. The molecule has 0 aliphatic heterocycles. The van der Waals surface area contributed by atoms with E-state index in [0.717, 1.165) is 0 Å². The summed E-state index contributed by atoms with van der Waals surface area (Å²) in [6.07, 6.45) is 1.39. The van der Waals surface area contributed by atoms with Gasteiger partial charge in [0, 0.05) is 0 Å². The van der Waals surface area contributed by atoms with Gasteiger partial charge < -0.3 is 37.9 Å². The highest BCUT2D eigenvalue weighted by atomic mass is 16.6. The van der Waals surface area contributed by atoms with E-state index in [1.807, 2.05) is 0 Å². The molecule has 26 heavy (non-hydrogen) atoms. The summed E-state index contributed by atoms with van der Waals surface area (Å²) in [5, 5.41) is 0. The third kappa shape index (κ3) is 20.8. The SMILES string of the molecule is C=COCCOCCOCCOCCOCCOCCOCC(=O)OC. The summed E-state index contributed by atoms with van der Waals surface area (Å²) in [6, 6.07) is 0. The second-order valence-electron chi connectivity index (χ2n) is 4.73. The number of methoxy groups -OCH3 is 1. The van der Waals surface area contributed by atoms with Crippen molar-refractivity contribution in [2.45, 2.75) is 0 Å². The van der Waals surface area contributed by atoms with Crippen LogP contribution in [0.15, 0.2) is 12.8 Å². The zero-order valence-corrected chi connectivity index (χ0v) is 15.7. The van der Waals surface area contributed by atoms with Crippen molar-refractivity contribution in [3.63, 3.8) is 0 Å². The number of ether oxygens (including phenoxy) is 8. The molecule has 0 amide bonds. The molecule has 0 heterocycles. The largest absolute Gasteiger partial charge is 0.499 e. The Morgan fingerprint density at radius 3 is 1.35 bits per heavy atom. The van der Waals surface area contributed by atoms with Crippen LogP contribution in [0.4, 0.5) is 0 Å². The highest BCUT2D eigenvalue weighted by molar-refractivity contribution is 5.70. The predicted octanol–water partition coefficient (Wildman–Crippen LogP) is 0.419. The van der Waals surface area contributed by atoms with Gasteiger partial charge in [0.05, 0.1) is 86.0 Å². The summed E-state index contributed by atoms with van der Waals surface area (Å²) in [6.45, 7) is 9.14. The lowest BCUT2D eigenvalue weighted by Crippen LogP contribution is -2.15. The van der Waals surface area contributed by atoms with E-state index in [9.17, 15) is 4.79 Å². The monoisotopic (exact) mass is 380 g/mol. The minimum absolute atomic E-state index is 0.0604. The van der Waals surface area contributed by atoms with Crippen LogP contribution in [0.2, 0.25) is 0 Å². The highest BCUT2D eigenvalue weighted by Gasteiger charge is 1.99. The topological polar surface area (TPSA) is 90.9 Å². The van der Waals surface area contributed by atoms with E-state index >= 15 is 0 Å². The van der Waals surface area contributed by atoms with Gasteiger partial charge in [-0.1, -0.05) is 6.58 Å². The third-order valence-corrected chi connectivity index (χ3v) is 2.77. The van der Waals surface area contributed by atoms with Gasteiger partial charge in [0.25, 0.3) is 0 Å². The quantitative estimate of drug-likeness (QED) is 0.160. The van der Waals surface area contributed by atoms with E-state index in [4.69, 9.17) is 33.2 Å². The van der Waals surface area contributed by atoms with Gasteiger partial charge in [-0.25, -0.2) is 4.79 Å². The molecule has 0 saturated carbocycles. The summed E-state index contributed by atoms with van der Waals surface area (Å²) < 4.78 is 41.0. The van der Waals surface area contributed by atoms with Crippen molar-refractivity contribution in [3.8, 4) is 0 Å². The molecule has 0 aromatic heterocycles. The summed E-state index contributed by atoms with van der Waals surface area (Å²) in [7, 11) is 1.31. The van der Waals surface area contributed by atoms with Crippen LogP contribution in [-0.4, -0.2) is 99.0 Å². The molecule has 0 aliphatic carbocycles. The first-order valence-electron chi connectivity index (χ1n) is 8.57. The summed E-state index contributed by atoms with van der Waals surface area (Å²) >= 11 is 0. The average molecular weight is 380 g/mol. The summed E-state index contributed by atoms with van der Waals surface area (Å²) in [5.41, 5.74) is 0. The summed E-state index contributed by atoms with van der Waals surface area (Å²) in [5.74, 6) is -0.401. The van der Waals surface area contributed by atoms with Crippen LogP contribution >= 0.6 is 0 Å². The van der Waals surface area contributed by atoms with Gasteiger partial charge in [0.15, 0.2) is 0 Å². The lowest BCUT2D eigenvalue weighted by molar-refractivity contribution is -0.146. The third-order valence-electron chi connectivity index (χ3n) is 2.77. The van der Waals surface area contributed by atoms with Crippen LogP contribution in [0.25, 0.3) is 0 Å². The zero-order valence-electron chi connectivity index (χ0n) is 15.7. The fourth-order valence-corrected chi connectivity index (χ4v) is 1.50. The van der Waals surface area contributed by atoms with Crippen molar-refractivity contribution in [1.29, 1.82) is 0 Å². The molecule has 0 saturated heterocycles. The number of hydrogen-bond donors (Lipinski definition) is 0. The Morgan fingerprint density at radius 2 is 1.00 bits per heavy atom. The van der Waals surface area contributed by atoms with Gasteiger partial charge in [0.2, 0.25) is 0 Å². The van der Waals surface area contributed by atoms with Gasteiger partial charge in [0.1, 0.15) is 13.2 Å². The first kappa shape index (κ1) is 24.8. The van der Waals surface area contributed by atoms with E-state index in [1.54, 1.807) is 0 Å². The Bertz CT molecular complexity index is 313. The maximum atomic E-state index is 10.8. The molecule has 0 radical (unpaired) electrons. The van der Waals surface area contributed by atoms with Gasteiger partial charge in [-0.2, -0.15) is 0 Å². The fraction of sp³-hybridized carbons (Fsp3) is 0.824.